The molecular weight excluding hydrogens is 409 g/mol. The first-order valence-corrected chi connectivity index (χ1v) is 9.66. The molecule has 1 N–H and O–H groups in total. The lowest BCUT2D eigenvalue weighted by molar-refractivity contribution is -0.137. The van der Waals surface area contributed by atoms with Crippen molar-refractivity contribution in [3.8, 4) is 5.69 Å². The third-order valence-electron chi connectivity index (χ3n) is 3.53. The van der Waals surface area contributed by atoms with Gasteiger partial charge in [-0.1, -0.05) is 11.6 Å². The predicted octanol–water partition coefficient (Wildman–Crippen LogP) is 2.68. The molecule has 0 aliphatic heterocycles. The second kappa shape index (κ2) is 7.49. The topological polar surface area (TPSA) is 84.3 Å². The Bertz CT molecular complexity index is 973. The van der Waals surface area contributed by atoms with Crippen LogP contribution in [0.3, 0.4) is 0 Å². The maximum atomic E-state index is 13.0. The van der Waals surface area contributed by atoms with E-state index >= 15 is 0 Å². The summed E-state index contributed by atoms with van der Waals surface area (Å²) >= 11 is 6.01. The molecule has 0 atom stereocenters. The quantitative estimate of drug-likeness (QED) is 0.799. The highest BCUT2D eigenvalue weighted by Crippen LogP contribution is 2.34. The van der Waals surface area contributed by atoms with Gasteiger partial charge >= 0.3 is 6.18 Å². The molecule has 0 radical (unpaired) electrons. The molecule has 2 rings (SSSR count). The zero-order valence-corrected chi connectivity index (χ0v) is 16.1. The first kappa shape index (κ1) is 21.2. The normalized spacial score (nSPS) is 12.4. The van der Waals surface area contributed by atoms with Crippen LogP contribution in [0.15, 0.2) is 24.3 Å². The van der Waals surface area contributed by atoms with Gasteiger partial charge in [0.25, 0.3) is 0 Å². The van der Waals surface area contributed by atoms with E-state index in [1.807, 2.05) is 0 Å². The Morgan fingerprint density at radius 2 is 1.96 bits per heavy atom. The molecule has 0 saturated carbocycles. The van der Waals surface area contributed by atoms with E-state index in [0.29, 0.717) is 5.69 Å². The number of anilines is 1. The highest BCUT2D eigenvalue weighted by Gasteiger charge is 2.31. The zero-order chi connectivity index (χ0) is 20.6. The number of benzene rings is 1. The van der Waals surface area contributed by atoms with Gasteiger partial charge in [0.05, 0.1) is 34.8 Å². The number of amides is 1. The van der Waals surface area contributed by atoms with Crippen LogP contribution in [0.5, 0.6) is 0 Å². The Kier molecular flexibility index (Phi) is 5.88. The lowest BCUT2D eigenvalue weighted by Crippen LogP contribution is -2.34. The number of likely N-dealkylation sites (N-methyl/N-ethyl adjacent to an activating group) is 1. The van der Waals surface area contributed by atoms with Crippen molar-refractivity contribution < 1.29 is 26.4 Å². The number of hydrogen-bond donors (Lipinski definition) is 1. The molecule has 2 aromatic rings. The molecule has 0 unspecified atom stereocenters. The van der Waals surface area contributed by atoms with Crippen LogP contribution in [-0.4, -0.2) is 48.3 Å². The Morgan fingerprint density at radius 3 is 2.52 bits per heavy atom. The van der Waals surface area contributed by atoms with Crippen molar-refractivity contribution in [3.63, 3.8) is 0 Å². The molecule has 0 aliphatic carbocycles. The highest BCUT2D eigenvalue weighted by atomic mass is 35.5. The van der Waals surface area contributed by atoms with Crippen molar-refractivity contribution >= 4 is 33.3 Å². The molecule has 1 aromatic heterocycles. The summed E-state index contributed by atoms with van der Waals surface area (Å²) in [5.74, 6) is -0.632. The van der Waals surface area contributed by atoms with Gasteiger partial charge in [0.2, 0.25) is 15.9 Å². The van der Waals surface area contributed by atoms with Gasteiger partial charge in [-0.2, -0.15) is 22.6 Å². The molecule has 1 aromatic carbocycles. The Labute approximate surface area is 158 Å². The summed E-state index contributed by atoms with van der Waals surface area (Å²) in [5.41, 5.74) is -0.592. The fraction of sp³-hybridized carbons (Fsp3) is 0.333. The average Bonchev–Trinajstić information content (AvgIpc) is 2.85. The fourth-order valence-corrected chi connectivity index (χ4v) is 2.67. The number of rotatable bonds is 5. The van der Waals surface area contributed by atoms with Crippen molar-refractivity contribution in [1.29, 1.82) is 0 Å². The third kappa shape index (κ3) is 5.21. The number of aryl methyl sites for hydroxylation is 1. The van der Waals surface area contributed by atoms with E-state index in [9.17, 15) is 26.4 Å². The molecule has 0 aliphatic rings. The van der Waals surface area contributed by atoms with E-state index in [1.165, 1.54) is 13.1 Å². The Hall–Kier alpha value is -2.11. The van der Waals surface area contributed by atoms with Gasteiger partial charge in [0.15, 0.2) is 0 Å². The van der Waals surface area contributed by atoms with E-state index in [2.05, 4.69) is 10.4 Å². The molecule has 7 nitrogen and oxygen atoms in total. The second-order valence-electron chi connectivity index (χ2n) is 5.81. The van der Waals surface area contributed by atoms with Crippen LogP contribution in [0.1, 0.15) is 11.3 Å². The van der Waals surface area contributed by atoms with Crippen molar-refractivity contribution in [2.24, 2.45) is 0 Å². The van der Waals surface area contributed by atoms with Crippen LogP contribution >= 0.6 is 11.6 Å². The average molecular weight is 425 g/mol. The van der Waals surface area contributed by atoms with Gasteiger partial charge < -0.3 is 5.32 Å². The van der Waals surface area contributed by atoms with E-state index in [0.717, 1.165) is 33.4 Å². The summed E-state index contributed by atoms with van der Waals surface area (Å²) < 4.78 is 63.6. The summed E-state index contributed by atoms with van der Waals surface area (Å²) in [6, 6.07) is 4.16. The van der Waals surface area contributed by atoms with Crippen LogP contribution in [0, 0.1) is 6.92 Å². The highest BCUT2D eigenvalue weighted by molar-refractivity contribution is 7.88. The van der Waals surface area contributed by atoms with Crippen LogP contribution in [0.4, 0.5) is 19.0 Å². The lowest BCUT2D eigenvalue weighted by atomic mass is 10.2. The standard InChI is InChI=1S/C15H16ClF3N4O3S/c1-9-6-13(20-14(24)8-22(2)27(3,25)26)23(21-9)12-7-10(15(17,18)19)4-5-11(12)16/h4-7H,8H2,1-3H3,(H,20,24). The number of aromatic nitrogens is 2. The second-order valence-corrected chi connectivity index (χ2v) is 8.31. The van der Waals surface area contributed by atoms with Gasteiger partial charge in [-0.15, -0.1) is 0 Å². The summed E-state index contributed by atoms with van der Waals surface area (Å²) in [4.78, 5) is 12.1. The molecule has 0 bridgehead atoms. The van der Waals surface area contributed by atoms with Gasteiger partial charge in [-0.05, 0) is 25.1 Å². The molecule has 148 valence electrons. The van der Waals surface area contributed by atoms with Crippen molar-refractivity contribution in [2.75, 3.05) is 25.2 Å². The molecule has 1 heterocycles. The van der Waals surface area contributed by atoms with Gasteiger partial charge in [0, 0.05) is 13.1 Å². The number of halogens is 4. The fourth-order valence-electron chi connectivity index (χ4n) is 2.13. The smallest absolute Gasteiger partial charge is 0.309 e. The first-order valence-electron chi connectivity index (χ1n) is 7.44. The molecule has 0 saturated heterocycles. The van der Waals surface area contributed by atoms with Crippen molar-refractivity contribution in [2.45, 2.75) is 13.1 Å². The monoisotopic (exact) mass is 424 g/mol. The molecule has 0 spiro atoms. The molecular formula is C15H16ClF3N4O3S. The number of carbonyl (C=O) groups excluding carboxylic acids is 1. The largest absolute Gasteiger partial charge is 0.416 e. The number of sulfonamides is 1. The molecule has 0 fully saturated rings. The van der Waals surface area contributed by atoms with Crippen LogP contribution in [0.25, 0.3) is 5.69 Å². The van der Waals surface area contributed by atoms with Gasteiger partial charge in [0.1, 0.15) is 5.82 Å². The van der Waals surface area contributed by atoms with E-state index in [-0.39, 0.29) is 16.5 Å². The minimum atomic E-state index is -4.58. The lowest BCUT2D eigenvalue weighted by Gasteiger charge is -2.15. The number of carbonyl (C=O) groups is 1. The number of nitrogens with one attached hydrogen (secondary N) is 1. The Morgan fingerprint density at radius 1 is 1.33 bits per heavy atom. The summed E-state index contributed by atoms with van der Waals surface area (Å²) in [6.45, 7) is 1.11. The zero-order valence-electron chi connectivity index (χ0n) is 14.5. The predicted molar refractivity (Wildman–Crippen MR) is 94.4 cm³/mol. The van der Waals surface area contributed by atoms with Crippen molar-refractivity contribution in [1.82, 2.24) is 14.1 Å². The summed E-state index contributed by atoms with van der Waals surface area (Å²) in [6.07, 6.45) is -3.64. The SMILES string of the molecule is Cc1cc(NC(=O)CN(C)S(C)(=O)=O)n(-c2cc(C(F)(F)F)ccc2Cl)n1. The minimum absolute atomic E-state index is 0.00477. The molecule has 27 heavy (non-hydrogen) atoms. The molecule has 1 amide bonds. The van der Waals surface area contributed by atoms with Crippen LogP contribution in [-0.2, 0) is 21.0 Å². The first-order chi connectivity index (χ1) is 12.3. The van der Waals surface area contributed by atoms with Crippen LogP contribution < -0.4 is 5.32 Å². The van der Waals surface area contributed by atoms with Gasteiger partial charge in [-0.25, -0.2) is 13.1 Å². The number of alkyl halides is 3. The Balaban J connectivity index is 2.38. The number of hydrogen-bond acceptors (Lipinski definition) is 4. The summed E-state index contributed by atoms with van der Waals surface area (Å²) in [7, 11) is -2.35. The van der Waals surface area contributed by atoms with E-state index in [4.69, 9.17) is 11.6 Å². The van der Waals surface area contributed by atoms with E-state index < -0.39 is 34.2 Å². The van der Waals surface area contributed by atoms with Crippen LogP contribution in [0.2, 0.25) is 5.02 Å². The maximum absolute atomic E-state index is 13.0. The summed E-state index contributed by atoms with van der Waals surface area (Å²) in [5, 5.41) is 6.49. The van der Waals surface area contributed by atoms with Gasteiger partial charge in [-0.3, -0.25) is 4.79 Å². The third-order valence-corrected chi connectivity index (χ3v) is 5.11. The maximum Gasteiger partial charge on any atom is 0.416 e. The number of nitrogens with zero attached hydrogens (tertiary/aromatic N) is 3. The molecule has 12 heteroatoms. The van der Waals surface area contributed by atoms with Crippen molar-refractivity contribution in [3.05, 3.63) is 40.5 Å². The van der Waals surface area contributed by atoms with E-state index in [1.54, 1.807) is 6.92 Å². The minimum Gasteiger partial charge on any atom is -0.309 e.